The lowest BCUT2D eigenvalue weighted by molar-refractivity contribution is 0.0951. The number of H-pyrrole nitrogens is 1. The van der Waals surface area contributed by atoms with Gasteiger partial charge in [0.25, 0.3) is 5.91 Å². The molecule has 0 aliphatic carbocycles. The molecule has 1 amide bonds. The molecule has 0 aliphatic rings. The molecule has 0 radical (unpaired) electrons. The predicted octanol–water partition coefficient (Wildman–Crippen LogP) is 3.66. The van der Waals surface area contributed by atoms with Crippen LogP contribution in [0.2, 0.25) is 5.02 Å². The molecule has 0 fully saturated rings. The van der Waals surface area contributed by atoms with Gasteiger partial charge in [-0.3, -0.25) is 9.89 Å². The van der Waals surface area contributed by atoms with Crippen molar-refractivity contribution in [3.8, 4) is 11.3 Å². The van der Waals surface area contributed by atoms with Gasteiger partial charge in [0.1, 0.15) is 0 Å². The molecule has 2 N–H and O–H groups in total. The predicted molar refractivity (Wildman–Crippen MR) is 86.6 cm³/mol. The Morgan fingerprint density at radius 1 is 1.09 bits per heavy atom. The number of benzene rings is 2. The molecule has 0 spiro atoms. The molecule has 3 aromatic rings. The summed E-state index contributed by atoms with van der Waals surface area (Å²) in [7, 11) is 0. The van der Waals surface area contributed by atoms with Gasteiger partial charge in [0.05, 0.1) is 17.5 Å². The average molecular weight is 312 g/mol. The highest BCUT2D eigenvalue weighted by molar-refractivity contribution is 6.30. The molecular weight excluding hydrogens is 298 g/mol. The van der Waals surface area contributed by atoms with Crippen LogP contribution in [0.15, 0.2) is 60.8 Å². The first-order chi connectivity index (χ1) is 10.7. The number of amides is 1. The van der Waals surface area contributed by atoms with Gasteiger partial charge in [-0.1, -0.05) is 54.1 Å². The molecule has 0 saturated heterocycles. The molecule has 0 saturated carbocycles. The van der Waals surface area contributed by atoms with Crippen molar-refractivity contribution < 1.29 is 4.79 Å². The minimum atomic E-state index is -0.164. The zero-order chi connectivity index (χ0) is 15.4. The fourth-order valence-electron chi connectivity index (χ4n) is 2.16. The first-order valence-electron chi connectivity index (χ1n) is 6.85. The summed E-state index contributed by atoms with van der Waals surface area (Å²) in [5.74, 6) is -0.164. The third-order valence-corrected chi connectivity index (χ3v) is 3.56. The highest BCUT2D eigenvalue weighted by Crippen LogP contribution is 2.20. The maximum Gasteiger partial charge on any atom is 0.255 e. The number of aromatic nitrogens is 2. The number of nitrogens with zero attached hydrogens (tertiary/aromatic N) is 1. The monoisotopic (exact) mass is 311 g/mol. The molecule has 0 bridgehead atoms. The second-order valence-electron chi connectivity index (χ2n) is 4.83. The second-order valence-corrected chi connectivity index (χ2v) is 5.27. The molecular formula is C17H14ClN3O. The van der Waals surface area contributed by atoms with Crippen molar-refractivity contribution in [3.63, 3.8) is 0 Å². The zero-order valence-electron chi connectivity index (χ0n) is 11.7. The number of hydrogen-bond donors (Lipinski definition) is 2. The molecule has 22 heavy (non-hydrogen) atoms. The highest BCUT2D eigenvalue weighted by Gasteiger charge is 2.14. The molecule has 3 rings (SSSR count). The van der Waals surface area contributed by atoms with Gasteiger partial charge in [-0.25, -0.2) is 0 Å². The first kappa shape index (κ1) is 14.4. The lowest BCUT2D eigenvalue weighted by Gasteiger charge is -2.06. The molecule has 110 valence electrons. The minimum absolute atomic E-state index is 0.164. The van der Waals surface area contributed by atoms with Crippen LogP contribution in [0.4, 0.5) is 0 Å². The number of carbonyl (C=O) groups excluding carboxylic acids is 1. The SMILES string of the molecule is O=C(NCc1ccc(Cl)cc1)c1cn[nH]c1-c1ccccc1. The van der Waals surface area contributed by atoms with Crippen molar-refractivity contribution >= 4 is 17.5 Å². The van der Waals surface area contributed by atoms with Gasteiger partial charge < -0.3 is 5.32 Å². The summed E-state index contributed by atoms with van der Waals surface area (Å²) in [6.45, 7) is 0.440. The minimum Gasteiger partial charge on any atom is -0.348 e. The first-order valence-corrected chi connectivity index (χ1v) is 7.23. The molecule has 0 aliphatic heterocycles. The van der Waals surface area contributed by atoms with Crippen molar-refractivity contribution in [2.45, 2.75) is 6.54 Å². The van der Waals surface area contributed by atoms with E-state index < -0.39 is 0 Å². The molecule has 0 unspecified atom stereocenters. The van der Waals surface area contributed by atoms with Gasteiger partial charge in [-0.15, -0.1) is 0 Å². The van der Waals surface area contributed by atoms with Crippen LogP contribution in [0.3, 0.4) is 0 Å². The van der Waals surface area contributed by atoms with Gasteiger partial charge in [-0.05, 0) is 17.7 Å². The molecule has 5 heteroatoms. The number of carbonyl (C=O) groups is 1. The quantitative estimate of drug-likeness (QED) is 0.772. The van der Waals surface area contributed by atoms with Crippen molar-refractivity contribution in [3.05, 3.63) is 76.9 Å². The van der Waals surface area contributed by atoms with E-state index >= 15 is 0 Å². The molecule has 4 nitrogen and oxygen atoms in total. The maximum atomic E-state index is 12.3. The number of halogens is 1. The summed E-state index contributed by atoms with van der Waals surface area (Å²) in [5.41, 5.74) is 3.16. The van der Waals surface area contributed by atoms with Crippen LogP contribution in [0.25, 0.3) is 11.3 Å². The molecule has 2 aromatic carbocycles. The normalized spacial score (nSPS) is 10.4. The van der Waals surface area contributed by atoms with E-state index in [-0.39, 0.29) is 5.91 Å². The van der Waals surface area contributed by atoms with Crippen LogP contribution < -0.4 is 5.32 Å². The van der Waals surface area contributed by atoms with Crippen LogP contribution in [0.5, 0.6) is 0 Å². The summed E-state index contributed by atoms with van der Waals surface area (Å²) in [4.78, 5) is 12.3. The van der Waals surface area contributed by atoms with Crippen molar-refractivity contribution in [1.82, 2.24) is 15.5 Å². The Hall–Kier alpha value is -2.59. The molecule has 0 atom stereocenters. The van der Waals surface area contributed by atoms with Crippen LogP contribution in [0.1, 0.15) is 15.9 Å². The maximum absolute atomic E-state index is 12.3. The average Bonchev–Trinajstić information content (AvgIpc) is 3.04. The number of rotatable bonds is 4. The van der Waals surface area contributed by atoms with E-state index in [4.69, 9.17) is 11.6 Å². The number of nitrogens with one attached hydrogen (secondary N) is 2. The Kier molecular flexibility index (Phi) is 4.21. The van der Waals surface area contributed by atoms with Crippen LogP contribution >= 0.6 is 11.6 Å². The van der Waals surface area contributed by atoms with Crippen LogP contribution in [0, 0.1) is 0 Å². The molecule has 1 heterocycles. The van der Waals surface area contributed by atoms with Crippen LogP contribution in [-0.2, 0) is 6.54 Å². The Bertz CT molecular complexity index is 766. The van der Waals surface area contributed by atoms with Crippen molar-refractivity contribution in [2.75, 3.05) is 0 Å². The van der Waals surface area contributed by atoms with Crippen molar-refractivity contribution in [2.24, 2.45) is 0 Å². The smallest absolute Gasteiger partial charge is 0.255 e. The highest BCUT2D eigenvalue weighted by atomic mass is 35.5. The van der Waals surface area contributed by atoms with Gasteiger partial charge in [-0.2, -0.15) is 5.10 Å². The number of hydrogen-bond acceptors (Lipinski definition) is 2. The lowest BCUT2D eigenvalue weighted by atomic mass is 10.1. The van der Waals surface area contributed by atoms with Gasteiger partial charge in [0.15, 0.2) is 0 Å². The van der Waals surface area contributed by atoms with E-state index in [0.717, 1.165) is 11.1 Å². The molecule has 1 aromatic heterocycles. The zero-order valence-corrected chi connectivity index (χ0v) is 12.5. The lowest BCUT2D eigenvalue weighted by Crippen LogP contribution is -2.22. The number of aromatic amines is 1. The second kappa shape index (κ2) is 6.45. The van der Waals surface area contributed by atoms with E-state index in [1.165, 1.54) is 0 Å². The van der Waals surface area contributed by atoms with Crippen LogP contribution in [-0.4, -0.2) is 16.1 Å². The third kappa shape index (κ3) is 3.18. The Balaban J connectivity index is 1.73. The third-order valence-electron chi connectivity index (χ3n) is 3.31. The largest absolute Gasteiger partial charge is 0.348 e. The van der Waals surface area contributed by atoms with Gasteiger partial charge >= 0.3 is 0 Å². The Labute approximate surface area is 133 Å². The topological polar surface area (TPSA) is 57.8 Å². The van der Waals surface area contributed by atoms with E-state index in [0.29, 0.717) is 22.8 Å². The standard InChI is InChI=1S/C17H14ClN3O/c18-14-8-6-12(7-9-14)10-19-17(22)15-11-20-21-16(15)13-4-2-1-3-5-13/h1-9,11H,10H2,(H,19,22)(H,20,21). The summed E-state index contributed by atoms with van der Waals surface area (Å²) in [6.07, 6.45) is 1.54. The van der Waals surface area contributed by atoms with E-state index in [2.05, 4.69) is 15.5 Å². The summed E-state index contributed by atoms with van der Waals surface area (Å²) in [5, 5.41) is 10.4. The van der Waals surface area contributed by atoms with E-state index in [1.807, 2.05) is 42.5 Å². The van der Waals surface area contributed by atoms with Gasteiger partial charge in [0, 0.05) is 17.1 Å². The van der Waals surface area contributed by atoms with E-state index in [9.17, 15) is 4.79 Å². The summed E-state index contributed by atoms with van der Waals surface area (Å²) < 4.78 is 0. The van der Waals surface area contributed by atoms with E-state index in [1.54, 1.807) is 18.3 Å². The summed E-state index contributed by atoms with van der Waals surface area (Å²) in [6, 6.07) is 17.0. The fourth-order valence-corrected chi connectivity index (χ4v) is 2.29. The van der Waals surface area contributed by atoms with Gasteiger partial charge in [0.2, 0.25) is 0 Å². The Morgan fingerprint density at radius 3 is 2.55 bits per heavy atom. The Morgan fingerprint density at radius 2 is 1.82 bits per heavy atom. The van der Waals surface area contributed by atoms with Crippen molar-refractivity contribution in [1.29, 1.82) is 0 Å². The summed E-state index contributed by atoms with van der Waals surface area (Å²) >= 11 is 5.84. The fraction of sp³-hybridized carbons (Fsp3) is 0.0588.